The third kappa shape index (κ3) is 2.58. The molecule has 0 saturated carbocycles. The molecule has 1 aliphatic heterocycles. The molecule has 0 unspecified atom stereocenters. The van der Waals surface area contributed by atoms with Gasteiger partial charge in [-0.15, -0.1) is 0 Å². The fraction of sp³-hybridized carbons (Fsp3) is 0.462. The van der Waals surface area contributed by atoms with Crippen LogP contribution in [-0.2, 0) is 6.54 Å². The van der Waals surface area contributed by atoms with Crippen molar-refractivity contribution in [2.24, 2.45) is 0 Å². The molecule has 0 aliphatic carbocycles. The van der Waals surface area contributed by atoms with Gasteiger partial charge in [-0.1, -0.05) is 6.42 Å². The molecule has 1 aliphatic rings. The summed E-state index contributed by atoms with van der Waals surface area (Å²) >= 11 is 0. The molecular weight excluding hydrogens is 244 g/mol. The van der Waals surface area contributed by atoms with Gasteiger partial charge in [0.1, 0.15) is 5.82 Å². The predicted octanol–water partition coefficient (Wildman–Crippen LogP) is 2.46. The van der Waals surface area contributed by atoms with Gasteiger partial charge in [0.15, 0.2) is 0 Å². The summed E-state index contributed by atoms with van der Waals surface area (Å²) in [6.45, 7) is 3.01. The van der Waals surface area contributed by atoms with Crippen LogP contribution in [0, 0.1) is 10.1 Å². The largest absolute Gasteiger partial charge is 0.341 e. The Kier molecular flexibility index (Phi) is 3.16. The summed E-state index contributed by atoms with van der Waals surface area (Å²) in [7, 11) is 0. The Morgan fingerprint density at radius 2 is 2.11 bits per heavy atom. The maximum absolute atomic E-state index is 10.7. The Bertz CT molecular complexity index is 602. The minimum Gasteiger partial charge on any atom is -0.341 e. The van der Waals surface area contributed by atoms with Crippen LogP contribution in [0.25, 0.3) is 11.0 Å². The minimum atomic E-state index is -0.384. The van der Waals surface area contributed by atoms with Crippen LogP contribution in [0.2, 0.25) is 0 Å². The van der Waals surface area contributed by atoms with E-state index in [-0.39, 0.29) is 10.6 Å². The number of benzene rings is 1. The van der Waals surface area contributed by atoms with Crippen molar-refractivity contribution >= 4 is 16.7 Å². The van der Waals surface area contributed by atoms with Gasteiger partial charge in [0.05, 0.1) is 22.5 Å². The van der Waals surface area contributed by atoms with Crippen molar-refractivity contribution in [3.63, 3.8) is 0 Å². The number of hydrogen-bond acceptors (Lipinski definition) is 4. The number of rotatable bonds is 3. The van der Waals surface area contributed by atoms with Crippen molar-refractivity contribution in [2.45, 2.75) is 25.8 Å². The van der Waals surface area contributed by atoms with Gasteiger partial charge in [0, 0.05) is 12.1 Å². The number of aromatic amines is 1. The number of H-pyrrole nitrogens is 1. The number of fused-ring (bicyclic) bond motifs is 1. The highest BCUT2D eigenvalue weighted by Crippen LogP contribution is 2.20. The lowest BCUT2D eigenvalue weighted by atomic mass is 10.1. The molecule has 2 heterocycles. The quantitative estimate of drug-likeness (QED) is 0.679. The van der Waals surface area contributed by atoms with Crippen LogP contribution in [0.15, 0.2) is 18.2 Å². The second kappa shape index (κ2) is 4.97. The number of hydrogen-bond donors (Lipinski definition) is 1. The SMILES string of the molecule is O=[N+]([O-])c1ccc2nc(CN3CCCCC3)[nH]c2c1. The lowest BCUT2D eigenvalue weighted by Crippen LogP contribution is -2.29. The number of non-ortho nitro benzene ring substituents is 1. The Hall–Kier alpha value is -1.95. The molecule has 2 aromatic rings. The zero-order valence-electron chi connectivity index (χ0n) is 10.6. The summed E-state index contributed by atoms with van der Waals surface area (Å²) in [4.78, 5) is 20.4. The van der Waals surface area contributed by atoms with Gasteiger partial charge in [-0.2, -0.15) is 0 Å². The standard InChI is InChI=1S/C13H16N4O2/c18-17(19)10-4-5-11-12(8-10)15-13(14-11)9-16-6-2-1-3-7-16/h4-5,8H,1-3,6-7,9H2,(H,14,15). The molecule has 0 bridgehead atoms. The van der Waals surface area contributed by atoms with E-state index in [1.165, 1.54) is 25.3 Å². The van der Waals surface area contributed by atoms with E-state index in [9.17, 15) is 10.1 Å². The minimum absolute atomic E-state index is 0.0978. The summed E-state index contributed by atoms with van der Waals surface area (Å²) < 4.78 is 0. The number of nitrogens with one attached hydrogen (secondary N) is 1. The molecule has 1 aromatic carbocycles. The van der Waals surface area contributed by atoms with Crippen molar-refractivity contribution in [3.8, 4) is 0 Å². The van der Waals surface area contributed by atoms with Gasteiger partial charge in [0.25, 0.3) is 5.69 Å². The van der Waals surface area contributed by atoms with Crippen LogP contribution in [0.4, 0.5) is 5.69 Å². The van der Waals surface area contributed by atoms with Gasteiger partial charge in [-0.3, -0.25) is 15.0 Å². The Balaban J connectivity index is 1.82. The number of piperidine rings is 1. The number of aromatic nitrogens is 2. The first-order valence-corrected chi connectivity index (χ1v) is 6.58. The smallest absolute Gasteiger partial charge is 0.271 e. The van der Waals surface area contributed by atoms with E-state index < -0.39 is 0 Å². The van der Waals surface area contributed by atoms with E-state index in [2.05, 4.69) is 14.9 Å². The topological polar surface area (TPSA) is 75.1 Å². The lowest BCUT2D eigenvalue weighted by Gasteiger charge is -2.25. The molecule has 6 heteroatoms. The first kappa shape index (κ1) is 12.1. The summed E-state index contributed by atoms with van der Waals surface area (Å²) in [5, 5.41) is 10.7. The molecular formula is C13H16N4O2. The third-order valence-electron chi connectivity index (χ3n) is 3.55. The van der Waals surface area contributed by atoms with E-state index in [1.807, 2.05) is 0 Å². The van der Waals surface area contributed by atoms with Crippen LogP contribution in [0.5, 0.6) is 0 Å². The first-order chi connectivity index (χ1) is 9.22. The highest BCUT2D eigenvalue weighted by Gasteiger charge is 2.14. The summed E-state index contributed by atoms with van der Waals surface area (Å²) in [6, 6.07) is 4.74. The van der Waals surface area contributed by atoms with E-state index in [0.29, 0.717) is 0 Å². The molecule has 6 nitrogen and oxygen atoms in total. The van der Waals surface area contributed by atoms with E-state index in [1.54, 1.807) is 12.1 Å². The van der Waals surface area contributed by atoms with Gasteiger partial charge >= 0.3 is 0 Å². The Morgan fingerprint density at radius 1 is 1.32 bits per heavy atom. The zero-order valence-corrected chi connectivity index (χ0v) is 10.6. The number of likely N-dealkylation sites (tertiary alicyclic amines) is 1. The van der Waals surface area contributed by atoms with E-state index in [0.717, 1.165) is 36.5 Å². The van der Waals surface area contributed by atoms with Gasteiger partial charge in [0.2, 0.25) is 0 Å². The maximum Gasteiger partial charge on any atom is 0.271 e. The molecule has 0 radical (unpaired) electrons. The van der Waals surface area contributed by atoms with Crippen LogP contribution in [0.1, 0.15) is 25.1 Å². The third-order valence-corrected chi connectivity index (χ3v) is 3.55. The first-order valence-electron chi connectivity index (χ1n) is 6.58. The average Bonchev–Trinajstić information content (AvgIpc) is 2.80. The second-order valence-electron chi connectivity index (χ2n) is 4.98. The van der Waals surface area contributed by atoms with Gasteiger partial charge in [-0.05, 0) is 32.0 Å². The van der Waals surface area contributed by atoms with Gasteiger partial charge < -0.3 is 4.98 Å². The molecule has 19 heavy (non-hydrogen) atoms. The summed E-state index contributed by atoms with van der Waals surface area (Å²) in [6.07, 6.45) is 3.79. The van der Waals surface area contributed by atoms with E-state index in [4.69, 9.17) is 0 Å². The van der Waals surface area contributed by atoms with Crippen molar-refractivity contribution in [3.05, 3.63) is 34.1 Å². The second-order valence-corrected chi connectivity index (χ2v) is 4.98. The molecule has 0 spiro atoms. The fourth-order valence-corrected chi connectivity index (χ4v) is 2.57. The Morgan fingerprint density at radius 3 is 2.84 bits per heavy atom. The van der Waals surface area contributed by atoms with Crippen LogP contribution >= 0.6 is 0 Å². The highest BCUT2D eigenvalue weighted by molar-refractivity contribution is 5.77. The molecule has 3 rings (SSSR count). The van der Waals surface area contributed by atoms with Crippen LogP contribution in [-0.4, -0.2) is 32.9 Å². The van der Waals surface area contributed by atoms with Crippen molar-refractivity contribution < 1.29 is 4.92 Å². The fourth-order valence-electron chi connectivity index (χ4n) is 2.57. The van der Waals surface area contributed by atoms with Crippen molar-refractivity contribution in [1.82, 2.24) is 14.9 Å². The number of nitro benzene ring substituents is 1. The molecule has 1 fully saturated rings. The van der Waals surface area contributed by atoms with Crippen molar-refractivity contribution in [2.75, 3.05) is 13.1 Å². The molecule has 1 N–H and O–H groups in total. The van der Waals surface area contributed by atoms with Crippen LogP contribution < -0.4 is 0 Å². The summed E-state index contributed by atoms with van der Waals surface area (Å²) in [5.74, 6) is 0.886. The average molecular weight is 260 g/mol. The number of imidazole rings is 1. The lowest BCUT2D eigenvalue weighted by molar-refractivity contribution is -0.384. The molecule has 0 amide bonds. The van der Waals surface area contributed by atoms with E-state index >= 15 is 0 Å². The monoisotopic (exact) mass is 260 g/mol. The molecule has 1 saturated heterocycles. The highest BCUT2D eigenvalue weighted by atomic mass is 16.6. The molecule has 1 aromatic heterocycles. The normalized spacial score (nSPS) is 16.8. The van der Waals surface area contributed by atoms with Gasteiger partial charge in [-0.25, -0.2) is 4.98 Å². The van der Waals surface area contributed by atoms with Crippen molar-refractivity contribution in [1.29, 1.82) is 0 Å². The molecule has 100 valence electrons. The Labute approximate surface area is 110 Å². The number of nitro groups is 1. The molecule has 0 atom stereocenters. The van der Waals surface area contributed by atoms with Crippen LogP contribution in [0.3, 0.4) is 0 Å². The zero-order chi connectivity index (χ0) is 13.2. The summed E-state index contributed by atoms with van der Waals surface area (Å²) in [5.41, 5.74) is 1.62. The maximum atomic E-state index is 10.7. The predicted molar refractivity (Wildman–Crippen MR) is 71.9 cm³/mol. The number of nitrogens with zero attached hydrogens (tertiary/aromatic N) is 3.